The number of rotatable bonds is 2. The summed E-state index contributed by atoms with van der Waals surface area (Å²) in [6.07, 6.45) is 0. The average molecular weight is 259 g/mol. The molecule has 7 heteroatoms. The number of halogens is 1. The molecule has 2 aromatic heterocycles. The molecule has 0 aliphatic carbocycles. The van der Waals surface area contributed by atoms with E-state index in [1.165, 1.54) is 11.5 Å². The van der Waals surface area contributed by atoms with Crippen molar-refractivity contribution in [1.29, 1.82) is 0 Å². The first-order valence-corrected chi connectivity index (χ1v) is 6.05. The lowest BCUT2D eigenvalue weighted by Gasteiger charge is -2.14. The maximum absolute atomic E-state index is 5.62. The molecule has 0 N–H and O–H groups in total. The third kappa shape index (κ3) is 2.08. The van der Waals surface area contributed by atoms with Gasteiger partial charge < -0.3 is 4.52 Å². The molecular weight excluding hydrogens is 248 g/mol. The van der Waals surface area contributed by atoms with E-state index in [-0.39, 0.29) is 11.3 Å². The summed E-state index contributed by atoms with van der Waals surface area (Å²) in [6.45, 7) is 6.18. The van der Waals surface area contributed by atoms with Crippen LogP contribution in [0.5, 0.6) is 0 Å². The molecule has 0 bridgehead atoms. The smallest absolute Gasteiger partial charge is 0.271 e. The van der Waals surface area contributed by atoms with Crippen LogP contribution in [0.4, 0.5) is 0 Å². The predicted molar refractivity (Wildman–Crippen MR) is 61.5 cm³/mol. The van der Waals surface area contributed by atoms with Crippen molar-refractivity contribution >= 4 is 23.1 Å². The summed E-state index contributed by atoms with van der Waals surface area (Å²) in [5.74, 6) is 1.15. The molecule has 0 aliphatic rings. The minimum atomic E-state index is -0.0993. The van der Waals surface area contributed by atoms with Gasteiger partial charge in [0.2, 0.25) is 0 Å². The van der Waals surface area contributed by atoms with Crippen LogP contribution >= 0.6 is 23.1 Å². The molecule has 0 unspecified atom stereocenters. The Morgan fingerprint density at radius 1 is 1.38 bits per heavy atom. The van der Waals surface area contributed by atoms with Crippen molar-refractivity contribution in [3.05, 3.63) is 11.5 Å². The highest BCUT2D eigenvalue weighted by Gasteiger charge is 2.26. The summed E-state index contributed by atoms with van der Waals surface area (Å²) in [6, 6.07) is 0. The molecule has 86 valence electrons. The predicted octanol–water partition coefficient (Wildman–Crippen LogP) is 2.62. The first-order valence-electron chi connectivity index (χ1n) is 4.74. The molecule has 0 spiro atoms. The quantitative estimate of drug-likeness (QED) is 0.775. The molecule has 0 radical (unpaired) electrons. The molecule has 2 heterocycles. The molecule has 5 nitrogen and oxygen atoms in total. The molecule has 2 rings (SSSR count). The van der Waals surface area contributed by atoms with Gasteiger partial charge in [-0.25, -0.2) is 0 Å². The summed E-state index contributed by atoms with van der Waals surface area (Å²) < 4.78 is 9.05. The minimum absolute atomic E-state index is 0.0993. The summed E-state index contributed by atoms with van der Waals surface area (Å²) >= 11 is 6.87. The Hall–Kier alpha value is -1.01. The van der Waals surface area contributed by atoms with Gasteiger partial charge in [-0.05, 0) is 11.5 Å². The Balaban J connectivity index is 2.44. The molecule has 0 atom stereocenters. The topological polar surface area (TPSA) is 64.7 Å². The van der Waals surface area contributed by atoms with E-state index in [9.17, 15) is 0 Å². The second-order valence-corrected chi connectivity index (χ2v) is 5.37. The summed E-state index contributed by atoms with van der Waals surface area (Å²) in [4.78, 5) is 4.98. The van der Waals surface area contributed by atoms with Crippen LogP contribution in [-0.2, 0) is 11.3 Å². The summed E-state index contributed by atoms with van der Waals surface area (Å²) in [7, 11) is 0. The van der Waals surface area contributed by atoms with E-state index in [0.29, 0.717) is 11.7 Å². The maximum Gasteiger partial charge on any atom is 0.271 e. The first-order chi connectivity index (χ1) is 7.52. The van der Waals surface area contributed by atoms with Crippen molar-refractivity contribution in [2.75, 3.05) is 0 Å². The first kappa shape index (κ1) is 11.5. The van der Waals surface area contributed by atoms with Gasteiger partial charge in [0, 0.05) is 5.41 Å². The molecule has 2 aromatic rings. The number of aromatic nitrogens is 4. The lowest BCUT2D eigenvalue weighted by Crippen LogP contribution is -2.13. The van der Waals surface area contributed by atoms with Crippen LogP contribution in [0.25, 0.3) is 10.8 Å². The molecule has 0 aromatic carbocycles. The number of alkyl halides is 1. The molecule has 0 saturated carbocycles. The van der Waals surface area contributed by atoms with Gasteiger partial charge in [0.05, 0.1) is 11.6 Å². The van der Waals surface area contributed by atoms with Gasteiger partial charge in [0.25, 0.3) is 5.89 Å². The largest absolute Gasteiger partial charge is 0.333 e. The van der Waals surface area contributed by atoms with Crippen molar-refractivity contribution < 1.29 is 4.52 Å². The fraction of sp³-hybridized carbons (Fsp3) is 0.556. The lowest BCUT2D eigenvalue weighted by atomic mass is 9.91. The third-order valence-corrected chi connectivity index (χ3v) is 2.93. The monoisotopic (exact) mass is 258 g/mol. The summed E-state index contributed by atoms with van der Waals surface area (Å²) in [5, 5.41) is 7.85. The Labute approximate surface area is 102 Å². The normalized spacial score (nSPS) is 12.0. The standard InChI is InChI=1S/C9H11ClN4OS/c1-9(2,3)7-6(16-14-12-7)8-11-5(4-10)13-15-8/h4H2,1-3H3. The van der Waals surface area contributed by atoms with E-state index in [1.54, 1.807) is 0 Å². The minimum Gasteiger partial charge on any atom is -0.333 e. The van der Waals surface area contributed by atoms with Gasteiger partial charge >= 0.3 is 0 Å². The van der Waals surface area contributed by atoms with E-state index in [4.69, 9.17) is 16.1 Å². The molecule has 16 heavy (non-hydrogen) atoms. The maximum atomic E-state index is 5.62. The van der Waals surface area contributed by atoms with Crippen LogP contribution in [0, 0.1) is 0 Å². The second-order valence-electron chi connectivity index (χ2n) is 4.35. The van der Waals surface area contributed by atoms with E-state index in [1.807, 2.05) is 0 Å². The van der Waals surface area contributed by atoms with E-state index < -0.39 is 0 Å². The van der Waals surface area contributed by atoms with E-state index >= 15 is 0 Å². The Kier molecular flexibility index (Phi) is 2.94. The highest BCUT2D eigenvalue weighted by atomic mass is 35.5. The van der Waals surface area contributed by atoms with Gasteiger partial charge in [-0.3, -0.25) is 0 Å². The van der Waals surface area contributed by atoms with Crippen LogP contribution < -0.4 is 0 Å². The fourth-order valence-corrected chi connectivity index (χ4v) is 2.13. The van der Waals surface area contributed by atoms with Crippen LogP contribution in [-0.4, -0.2) is 19.7 Å². The number of hydrogen-bond donors (Lipinski definition) is 0. The molecule has 0 aliphatic heterocycles. The average Bonchev–Trinajstić information content (AvgIpc) is 2.84. The second kappa shape index (κ2) is 4.10. The summed E-state index contributed by atoms with van der Waals surface area (Å²) in [5.41, 5.74) is 0.764. The number of hydrogen-bond acceptors (Lipinski definition) is 6. The number of nitrogens with zero attached hydrogens (tertiary/aromatic N) is 4. The van der Waals surface area contributed by atoms with Crippen molar-refractivity contribution in [2.24, 2.45) is 0 Å². The zero-order valence-corrected chi connectivity index (χ0v) is 10.8. The Bertz CT molecular complexity index is 488. The van der Waals surface area contributed by atoms with E-state index in [0.717, 1.165) is 10.6 Å². The zero-order valence-electron chi connectivity index (χ0n) is 9.19. The third-order valence-electron chi connectivity index (χ3n) is 1.98. The van der Waals surface area contributed by atoms with Crippen molar-refractivity contribution in [1.82, 2.24) is 19.7 Å². The molecule has 0 amide bonds. The van der Waals surface area contributed by atoms with Crippen molar-refractivity contribution in [3.63, 3.8) is 0 Å². The van der Waals surface area contributed by atoms with Gasteiger partial charge in [-0.15, -0.1) is 16.7 Å². The van der Waals surface area contributed by atoms with Crippen molar-refractivity contribution in [2.45, 2.75) is 32.1 Å². The van der Waals surface area contributed by atoms with Gasteiger partial charge in [0.15, 0.2) is 5.82 Å². The fourth-order valence-electron chi connectivity index (χ4n) is 1.22. The highest BCUT2D eigenvalue weighted by molar-refractivity contribution is 7.09. The molecular formula is C9H11ClN4OS. The van der Waals surface area contributed by atoms with Crippen molar-refractivity contribution in [3.8, 4) is 10.8 Å². The molecule has 0 saturated heterocycles. The van der Waals surface area contributed by atoms with Gasteiger partial charge in [0.1, 0.15) is 4.88 Å². The SMILES string of the molecule is CC(C)(C)c1nnsc1-c1nc(CCl)no1. The lowest BCUT2D eigenvalue weighted by molar-refractivity contribution is 0.424. The van der Waals surface area contributed by atoms with Crippen LogP contribution in [0.15, 0.2) is 4.52 Å². The Morgan fingerprint density at radius 2 is 2.12 bits per heavy atom. The van der Waals surface area contributed by atoms with E-state index in [2.05, 4.69) is 40.5 Å². The zero-order chi connectivity index (χ0) is 11.8. The Morgan fingerprint density at radius 3 is 2.69 bits per heavy atom. The van der Waals surface area contributed by atoms with Crippen LogP contribution in [0.1, 0.15) is 32.3 Å². The van der Waals surface area contributed by atoms with Gasteiger partial charge in [-0.1, -0.05) is 30.4 Å². The molecule has 0 fully saturated rings. The van der Waals surface area contributed by atoms with Crippen LogP contribution in [0.2, 0.25) is 0 Å². The van der Waals surface area contributed by atoms with Gasteiger partial charge in [-0.2, -0.15) is 4.98 Å². The highest BCUT2D eigenvalue weighted by Crippen LogP contribution is 2.32. The van der Waals surface area contributed by atoms with Crippen LogP contribution in [0.3, 0.4) is 0 Å².